The summed E-state index contributed by atoms with van der Waals surface area (Å²) in [6.07, 6.45) is -2.89. The van der Waals surface area contributed by atoms with Gasteiger partial charge in [0.25, 0.3) is 0 Å². The Morgan fingerprint density at radius 2 is 1.85 bits per heavy atom. The van der Waals surface area contributed by atoms with Gasteiger partial charge in [-0.15, -0.1) is 0 Å². The number of nitrogens with two attached hydrogens (primary N) is 1. The second kappa shape index (κ2) is 5.58. The average molecular weight is 302 g/mol. The number of halogens is 4. The van der Waals surface area contributed by atoms with E-state index < -0.39 is 11.7 Å². The number of pyridine rings is 1. The first-order valence-corrected chi connectivity index (χ1v) is 6.05. The van der Waals surface area contributed by atoms with E-state index in [0.29, 0.717) is 28.6 Å². The second-order valence-corrected chi connectivity index (χ2v) is 4.58. The van der Waals surface area contributed by atoms with E-state index >= 15 is 0 Å². The zero-order valence-corrected chi connectivity index (χ0v) is 11.0. The molecule has 0 amide bonds. The lowest BCUT2D eigenvalue weighted by atomic mass is 10.1. The van der Waals surface area contributed by atoms with Crippen LogP contribution in [-0.4, -0.2) is 4.98 Å². The van der Waals surface area contributed by atoms with E-state index in [9.17, 15) is 13.2 Å². The highest BCUT2D eigenvalue weighted by Crippen LogP contribution is 2.29. The summed E-state index contributed by atoms with van der Waals surface area (Å²) in [4.78, 5) is 4.00. The zero-order chi connectivity index (χ0) is 14.8. The Bertz CT molecular complexity index is 597. The fourth-order valence-corrected chi connectivity index (χ4v) is 1.77. The first-order chi connectivity index (χ1) is 9.36. The molecule has 1 aromatic heterocycles. The second-order valence-electron chi connectivity index (χ2n) is 4.14. The van der Waals surface area contributed by atoms with Crippen molar-refractivity contribution in [2.45, 2.75) is 12.7 Å². The third-order valence-corrected chi connectivity index (χ3v) is 2.83. The molecule has 0 aliphatic rings. The molecule has 3 N–H and O–H groups in total. The lowest BCUT2D eigenvalue weighted by Gasteiger charge is -2.10. The third kappa shape index (κ3) is 3.54. The molecule has 0 atom stereocenters. The number of rotatable bonds is 3. The minimum absolute atomic E-state index is 0.316. The number of nitrogens with zero attached hydrogens (tertiary/aromatic N) is 1. The van der Waals surface area contributed by atoms with Gasteiger partial charge in [0.15, 0.2) is 0 Å². The summed E-state index contributed by atoms with van der Waals surface area (Å²) in [5.41, 5.74) is 6.10. The Morgan fingerprint density at radius 3 is 2.40 bits per heavy atom. The van der Waals surface area contributed by atoms with Gasteiger partial charge >= 0.3 is 6.18 Å². The van der Waals surface area contributed by atoms with E-state index in [0.717, 1.165) is 12.1 Å². The van der Waals surface area contributed by atoms with Gasteiger partial charge in [0.1, 0.15) is 5.82 Å². The van der Waals surface area contributed by atoms with Crippen LogP contribution in [0.15, 0.2) is 36.5 Å². The summed E-state index contributed by atoms with van der Waals surface area (Å²) >= 11 is 5.72. The van der Waals surface area contributed by atoms with Crippen molar-refractivity contribution in [3.8, 4) is 0 Å². The van der Waals surface area contributed by atoms with E-state index in [1.165, 1.54) is 18.3 Å². The molecule has 106 valence electrons. The van der Waals surface area contributed by atoms with Crippen molar-refractivity contribution in [2.75, 3.05) is 11.1 Å². The van der Waals surface area contributed by atoms with Gasteiger partial charge < -0.3 is 11.1 Å². The Hall–Kier alpha value is -1.95. The molecule has 0 fully saturated rings. The Kier molecular flexibility index (Phi) is 4.04. The molecule has 1 aromatic carbocycles. The minimum atomic E-state index is -4.33. The molecule has 0 aliphatic heterocycles. The van der Waals surface area contributed by atoms with Gasteiger partial charge in [-0.25, -0.2) is 4.98 Å². The maximum absolute atomic E-state index is 12.4. The van der Waals surface area contributed by atoms with Gasteiger partial charge in [-0.2, -0.15) is 13.2 Å². The summed E-state index contributed by atoms with van der Waals surface area (Å²) in [5, 5.41) is 3.36. The Balaban J connectivity index is 2.04. The van der Waals surface area contributed by atoms with E-state index in [1.807, 2.05) is 0 Å². The summed E-state index contributed by atoms with van der Waals surface area (Å²) in [7, 11) is 0. The molecule has 2 aromatic rings. The van der Waals surface area contributed by atoms with Crippen LogP contribution < -0.4 is 11.1 Å². The normalized spacial score (nSPS) is 11.4. The maximum atomic E-state index is 12.4. The number of aromatic nitrogens is 1. The van der Waals surface area contributed by atoms with Crippen LogP contribution in [0.2, 0.25) is 5.02 Å². The monoisotopic (exact) mass is 301 g/mol. The predicted octanol–water partition coefficient (Wildman–Crippen LogP) is 3.95. The Morgan fingerprint density at radius 1 is 1.20 bits per heavy atom. The molecule has 20 heavy (non-hydrogen) atoms. The molecule has 0 bridgehead atoms. The van der Waals surface area contributed by atoms with E-state index in [1.54, 1.807) is 6.07 Å². The first kappa shape index (κ1) is 14.5. The number of benzene rings is 1. The SMILES string of the molecule is Nc1cc(Cl)cnc1NCc1ccc(C(F)(F)F)cc1. The fourth-order valence-electron chi connectivity index (χ4n) is 1.60. The van der Waals surface area contributed by atoms with Crippen molar-refractivity contribution in [3.05, 3.63) is 52.7 Å². The highest BCUT2D eigenvalue weighted by molar-refractivity contribution is 6.30. The molecule has 0 unspecified atom stereocenters. The topological polar surface area (TPSA) is 50.9 Å². The van der Waals surface area contributed by atoms with Gasteiger partial charge in [-0.05, 0) is 23.8 Å². The molecule has 7 heteroatoms. The molecular weight excluding hydrogens is 291 g/mol. The number of hydrogen-bond acceptors (Lipinski definition) is 3. The quantitative estimate of drug-likeness (QED) is 0.902. The van der Waals surface area contributed by atoms with Crippen molar-refractivity contribution in [3.63, 3.8) is 0 Å². The molecular formula is C13H11ClF3N3. The van der Waals surface area contributed by atoms with Gasteiger partial charge in [0, 0.05) is 12.7 Å². The standard InChI is InChI=1S/C13H11ClF3N3/c14-10-5-11(18)12(20-7-10)19-6-8-1-3-9(4-2-8)13(15,16)17/h1-5,7H,6,18H2,(H,19,20). The molecule has 0 radical (unpaired) electrons. The van der Waals surface area contributed by atoms with Crippen LogP contribution in [0.3, 0.4) is 0 Å². The molecule has 0 saturated heterocycles. The molecule has 0 saturated carbocycles. The lowest BCUT2D eigenvalue weighted by molar-refractivity contribution is -0.137. The number of nitrogen functional groups attached to an aromatic ring is 1. The molecule has 0 aliphatic carbocycles. The lowest BCUT2D eigenvalue weighted by Crippen LogP contribution is -2.07. The van der Waals surface area contributed by atoms with Crippen LogP contribution in [0.4, 0.5) is 24.7 Å². The number of nitrogens with one attached hydrogen (secondary N) is 1. The molecule has 2 rings (SSSR count). The first-order valence-electron chi connectivity index (χ1n) is 5.67. The van der Waals surface area contributed by atoms with Crippen LogP contribution in [0.25, 0.3) is 0 Å². The minimum Gasteiger partial charge on any atom is -0.396 e. The summed E-state index contributed by atoms with van der Waals surface area (Å²) in [6.45, 7) is 0.316. The van der Waals surface area contributed by atoms with Crippen LogP contribution in [0.5, 0.6) is 0 Å². The third-order valence-electron chi connectivity index (χ3n) is 2.63. The van der Waals surface area contributed by atoms with Crippen LogP contribution in [-0.2, 0) is 12.7 Å². The summed E-state index contributed by atoms with van der Waals surface area (Å²) in [5.74, 6) is 0.439. The highest BCUT2D eigenvalue weighted by atomic mass is 35.5. The summed E-state index contributed by atoms with van der Waals surface area (Å²) in [6, 6.07) is 6.43. The fraction of sp³-hybridized carbons (Fsp3) is 0.154. The van der Waals surface area contributed by atoms with Crippen molar-refractivity contribution in [1.29, 1.82) is 0 Å². The van der Waals surface area contributed by atoms with Crippen LogP contribution in [0, 0.1) is 0 Å². The van der Waals surface area contributed by atoms with Gasteiger partial charge in [0.05, 0.1) is 16.3 Å². The highest BCUT2D eigenvalue weighted by Gasteiger charge is 2.29. The van der Waals surface area contributed by atoms with Gasteiger partial charge in [-0.3, -0.25) is 0 Å². The predicted molar refractivity (Wildman–Crippen MR) is 72.4 cm³/mol. The van der Waals surface area contributed by atoms with Crippen molar-refractivity contribution in [2.24, 2.45) is 0 Å². The number of alkyl halides is 3. The van der Waals surface area contributed by atoms with Crippen LogP contribution >= 0.6 is 11.6 Å². The smallest absolute Gasteiger partial charge is 0.396 e. The van der Waals surface area contributed by atoms with Gasteiger partial charge in [0.2, 0.25) is 0 Å². The molecule has 1 heterocycles. The van der Waals surface area contributed by atoms with E-state index in [-0.39, 0.29) is 0 Å². The van der Waals surface area contributed by atoms with E-state index in [2.05, 4.69) is 10.3 Å². The van der Waals surface area contributed by atoms with Crippen molar-refractivity contribution in [1.82, 2.24) is 4.98 Å². The Labute approximate surface area is 118 Å². The van der Waals surface area contributed by atoms with Gasteiger partial charge in [-0.1, -0.05) is 23.7 Å². The van der Waals surface area contributed by atoms with E-state index in [4.69, 9.17) is 17.3 Å². The van der Waals surface area contributed by atoms with Crippen molar-refractivity contribution >= 4 is 23.1 Å². The average Bonchev–Trinajstić information content (AvgIpc) is 2.37. The maximum Gasteiger partial charge on any atom is 0.416 e. The molecule has 3 nitrogen and oxygen atoms in total. The zero-order valence-electron chi connectivity index (χ0n) is 10.2. The number of anilines is 2. The van der Waals surface area contributed by atoms with Crippen LogP contribution in [0.1, 0.15) is 11.1 Å². The summed E-state index contributed by atoms with van der Waals surface area (Å²) < 4.78 is 37.2. The largest absolute Gasteiger partial charge is 0.416 e. The van der Waals surface area contributed by atoms with Crippen molar-refractivity contribution < 1.29 is 13.2 Å². The number of hydrogen-bond donors (Lipinski definition) is 2. The molecule has 0 spiro atoms.